The zero-order valence-corrected chi connectivity index (χ0v) is 9.37. The Labute approximate surface area is 90.4 Å². The second-order valence-electron chi connectivity index (χ2n) is 3.77. The number of aliphatic imine (C=N–C) groups is 1. The lowest BCUT2D eigenvalue weighted by molar-refractivity contribution is 0.559. The highest BCUT2D eigenvalue weighted by Gasteiger charge is 2.09. The summed E-state index contributed by atoms with van der Waals surface area (Å²) in [7, 11) is 0. The van der Waals surface area contributed by atoms with Gasteiger partial charge in [0.25, 0.3) is 0 Å². The summed E-state index contributed by atoms with van der Waals surface area (Å²) in [4.78, 5) is 13.9. The number of hydrogen-bond donors (Lipinski definition) is 0. The van der Waals surface area contributed by atoms with E-state index in [0.29, 0.717) is 0 Å². The lowest BCUT2D eigenvalue weighted by Gasteiger charge is -2.12. The molecule has 15 heavy (non-hydrogen) atoms. The number of nitrogens with zero attached hydrogens (tertiary/aromatic N) is 1. The minimum atomic E-state index is -0.158. The third-order valence-corrected chi connectivity index (χ3v) is 2.37. The highest BCUT2D eigenvalue weighted by atomic mass is 16.1. The summed E-state index contributed by atoms with van der Waals surface area (Å²) in [6.45, 7) is 9.79. The van der Waals surface area contributed by atoms with Crippen molar-refractivity contribution in [2.45, 2.75) is 26.8 Å². The first-order valence-corrected chi connectivity index (χ1v) is 4.89. The summed E-state index contributed by atoms with van der Waals surface area (Å²) in [5.41, 5.74) is 4.26. The van der Waals surface area contributed by atoms with E-state index in [1.807, 2.05) is 32.9 Å². The molecule has 0 spiro atoms. The number of hydrogen-bond acceptors (Lipinski definition) is 2. The monoisotopic (exact) mass is 201 g/mol. The van der Waals surface area contributed by atoms with Gasteiger partial charge in [-0.25, -0.2) is 4.79 Å². The lowest BCUT2D eigenvalue weighted by Crippen LogP contribution is -1.96. The predicted octanol–water partition coefficient (Wildman–Crippen LogP) is 3.42. The van der Waals surface area contributed by atoms with Crippen LogP contribution in [0, 0.1) is 6.92 Å². The molecule has 2 heteroatoms. The maximum atomic E-state index is 10.2. The summed E-state index contributed by atoms with van der Waals surface area (Å²) in [5.74, 6) is 0. The van der Waals surface area contributed by atoms with E-state index in [2.05, 4.69) is 17.6 Å². The van der Waals surface area contributed by atoms with Crippen molar-refractivity contribution in [2.24, 2.45) is 4.99 Å². The van der Waals surface area contributed by atoms with E-state index in [-0.39, 0.29) is 6.04 Å². The predicted molar refractivity (Wildman–Crippen MR) is 62.4 cm³/mol. The Morgan fingerprint density at radius 2 is 2.20 bits per heavy atom. The van der Waals surface area contributed by atoms with Gasteiger partial charge in [0.05, 0.1) is 6.04 Å². The molecule has 1 aromatic rings. The van der Waals surface area contributed by atoms with E-state index >= 15 is 0 Å². The van der Waals surface area contributed by atoms with Crippen molar-refractivity contribution in [1.82, 2.24) is 0 Å². The van der Waals surface area contributed by atoms with Gasteiger partial charge in [0.15, 0.2) is 0 Å². The van der Waals surface area contributed by atoms with E-state index in [4.69, 9.17) is 0 Å². The third kappa shape index (κ3) is 2.64. The van der Waals surface area contributed by atoms with Gasteiger partial charge in [0, 0.05) is 0 Å². The van der Waals surface area contributed by atoms with E-state index in [9.17, 15) is 4.79 Å². The van der Waals surface area contributed by atoms with Gasteiger partial charge in [-0.2, -0.15) is 4.99 Å². The molecular formula is C13H15NO. The van der Waals surface area contributed by atoms with Gasteiger partial charge in [-0.05, 0) is 31.9 Å². The van der Waals surface area contributed by atoms with Crippen LogP contribution in [0.2, 0.25) is 0 Å². The molecule has 0 aliphatic rings. The summed E-state index contributed by atoms with van der Waals surface area (Å²) in [6.07, 6.45) is 1.59. The number of allylic oxidation sites excluding steroid dienone is 1. The van der Waals surface area contributed by atoms with Crippen LogP contribution in [-0.2, 0) is 4.79 Å². The molecule has 1 rings (SSSR count). The van der Waals surface area contributed by atoms with Crippen LogP contribution in [-0.4, -0.2) is 6.08 Å². The van der Waals surface area contributed by atoms with Crippen molar-refractivity contribution < 1.29 is 4.79 Å². The van der Waals surface area contributed by atoms with Crippen LogP contribution >= 0.6 is 0 Å². The van der Waals surface area contributed by atoms with Crippen LogP contribution in [0.25, 0.3) is 5.57 Å². The number of carbonyl (C=O) groups excluding carboxylic acids is 1. The van der Waals surface area contributed by atoms with Crippen molar-refractivity contribution in [3.63, 3.8) is 0 Å². The molecule has 1 unspecified atom stereocenters. The van der Waals surface area contributed by atoms with Crippen molar-refractivity contribution in [2.75, 3.05) is 0 Å². The molecule has 78 valence electrons. The molecule has 0 bridgehead atoms. The standard InChI is InChI=1S/C13H15NO/c1-9(2)13-7-10(3)5-6-12(13)11(4)14-8-15/h5-7,11H,1H2,2-4H3. The van der Waals surface area contributed by atoms with Crippen LogP contribution in [0.5, 0.6) is 0 Å². The molecule has 0 saturated heterocycles. The normalized spacial score (nSPS) is 11.7. The zero-order valence-electron chi connectivity index (χ0n) is 9.37. The molecule has 0 aliphatic carbocycles. The average molecular weight is 201 g/mol. The van der Waals surface area contributed by atoms with Gasteiger partial charge in [0.1, 0.15) is 0 Å². The molecular weight excluding hydrogens is 186 g/mol. The van der Waals surface area contributed by atoms with E-state index in [1.165, 1.54) is 5.56 Å². The molecule has 0 amide bonds. The molecule has 0 aliphatic heterocycles. The Morgan fingerprint density at radius 3 is 2.73 bits per heavy atom. The van der Waals surface area contributed by atoms with Gasteiger partial charge in [-0.1, -0.05) is 35.9 Å². The quantitative estimate of drug-likeness (QED) is 0.544. The highest BCUT2D eigenvalue weighted by Crippen LogP contribution is 2.26. The minimum Gasteiger partial charge on any atom is -0.211 e. The summed E-state index contributed by atoms with van der Waals surface area (Å²) < 4.78 is 0. The fourth-order valence-corrected chi connectivity index (χ4v) is 1.55. The summed E-state index contributed by atoms with van der Waals surface area (Å²) in [6, 6.07) is 5.91. The Hall–Kier alpha value is -1.66. The smallest absolute Gasteiger partial charge is 0.211 e. The van der Waals surface area contributed by atoms with Crippen molar-refractivity contribution >= 4 is 11.7 Å². The van der Waals surface area contributed by atoms with Gasteiger partial charge < -0.3 is 0 Å². The van der Waals surface area contributed by atoms with Crippen LogP contribution in [0.4, 0.5) is 0 Å². The Bertz CT molecular complexity index is 428. The van der Waals surface area contributed by atoms with Crippen LogP contribution < -0.4 is 0 Å². The maximum Gasteiger partial charge on any atom is 0.235 e. The number of benzene rings is 1. The number of rotatable bonds is 3. The largest absolute Gasteiger partial charge is 0.235 e. The topological polar surface area (TPSA) is 29.4 Å². The van der Waals surface area contributed by atoms with Crippen molar-refractivity contribution in [3.05, 3.63) is 41.5 Å². The minimum absolute atomic E-state index is 0.158. The fraction of sp³-hybridized carbons (Fsp3) is 0.308. The number of isocyanates is 1. The van der Waals surface area contributed by atoms with Crippen LogP contribution in [0.15, 0.2) is 29.8 Å². The molecule has 1 aromatic carbocycles. The molecule has 0 fully saturated rings. The first kappa shape index (κ1) is 11.4. The Kier molecular flexibility index (Phi) is 3.59. The van der Waals surface area contributed by atoms with Crippen molar-refractivity contribution in [1.29, 1.82) is 0 Å². The molecule has 0 radical (unpaired) electrons. The first-order valence-electron chi connectivity index (χ1n) is 4.89. The van der Waals surface area contributed by atoms with Crippen LogP contribution in [0.1, 0.15) is 36.6 Å². The van der Waals surface area contributed by atoms with Gasteiger partial charge in [0.2, 0.25) is 6.08 Å². The van der Waals surface area contributed by atoms with Gasteiger partial charge in [-0.3, -0.25) is 0 Å². The first-order chi connectivity index (χ1) is 7.06. The fourth-order valence-electron chi connectivity index (χ4n) is 1.55. The van der Waals surface area contributed by atoms with E-state index < -0.39 is 0 Å². The average Bonchev–Trinajstić information content (AvgIpc) is 2.17. The van der Waals surface area contributed by atoms with Crippen molar-refractivity contribution in [3.8, 4) is 0 Å². The molecule has 2 nitrogen and oxygen atoms in total. The molecule has 0 heterocycles. The molecule has 0 N–H and O–H groups in total. The number of aryl methyl sites for hydroxylation is 1. The Balaban J connectivity index is 3.28. The highest BCUT2D eigenvalue weighted by molar-refractivity contribution is 5.66. The van der Waals surface area contributed by atoms with Gasteiger partial charge >= 0.3 is 0 Å². The van der Waals surface area contributed by atoms with Gasteiger partial charge in [-0.15, -0.1) is 0 Å². The SMILES string of the molecule is C=C(C)c1cc(C)ccc1C(C)N=C=O. The van der Waals surface area contributed by atoms with E-state index in [1.54, 1.807) is 6.08 Å². The molecule has 0 aromatic heterocycles. The third-order valence-electron chi connectivity index (χ3n) is 2.37. The second kappa shape index (κ2) is 4.72. The molecule has 1 atom stereocenters. The lowest BCUT2D eigenvalue weighted by atomic mass is 9.95. The maximum absolute atomic E-state index is 10.2. The summed E-state index contributed by atoms with van der Waals surface area (Å²) in [5, 5.41) is 0. The Morgan fingerprint density at radius 1 is 1.53 bits per heavy atom. The van der Waals surface area contributed by atoms with E-state index in [0.717, 1.165) is 16.7 Å². The summed E-state index contributed by atoms with van der Waals surface area (Å²) >= 11 is 0. The molecule has 0 saturated carbocycles. The zero-order chi connectivity index (χ0) is 11.4. The van der Waals surface area contributed by atoms with Crippen LogP contribution in [0.3, 0.4) is 0 Å². The second-order valence-corrected chi connectivity index (χ2v) is 3.77.